The van der Waals surface area contributed by atoms with Crippen LogP contribution in [0, 0.1) is 0 Å². The molecule has 0 bridgehead atoms. The van der Waals surface area contributed by atoms with Crippen molar-refractivity contribution in [3.63, 3.8) is 0 Å². The number of aromatic nitrogens is 3. The molecule has 5 nitrogen and oxygen atoms in total. The van der Waals surface area contributed by atoms with Gasteiger partial charge in [-0.3, -0.25) is 0 Å². The number of alkyl halides is 1. The summed E-state index contributed by atoms with van der Waals surface area (Å²) in [5, 5.41) is 9.76. The van der Waals surface area contributed by atoms with Gasteiger partial charge in [-0.1, -0.05) is 22.6 Å². The lowest BCUT2D eigenvalue weighted by Gasteiger charge is -1.93. The first-order valence-corrected chi connectivity index (χ1v) is 4.36. The van der Waals surface area contributed by atoms with Crippen molar-refractivity contribution in [1.29, 1.82) is 0 Å². The minimum absolute atomic E-state index is 0.266. The minimum atomic E-state index is -0.453. The number of esters is 1. The molecule has 1 rings (SSSR count). The number of ether oxygens (including phenoxy) is 1. The second kappa shape index (κ2) is 3.65. The molecule has 0 aliphatic heterocycles. The Morgan fingerprint density at radius 2 is 2.45 bits per heavy atom. The van der Waals surface area contributed by atoms with Gasteiger partial charge in [0.05, 0.1) is 7.11 Å². The van der Waals surface area contributed by atoms with Gasteiger partial charge in [-0.25, -0.2) is 4.79 Å². The molecule has 1 N–H and O–H groups in total. The van der Waals surface area contributed by atoms with Crippen LogP contribution < -0.4 is 0 Å². The molecule has 0 amide bonds. The van der Waals surface area contributed by atoms with Crippen LogP contribution in [-0.2, 0) is 9.16 Å². The second-order valence-electron chi connectivity index (χ2n) is 1.74. The Labute approximate surface area is 76.6 Å². The lowest BCUT2D eigenvalue weighted by atomic mass is 10.3. The third-order valence-corrected chi connectivity index (χ3v) is 1.85. The second-order valence-corrected chi connectivity index (χ2v) is 2.51. The summed E-state index contributed by atoms with van der Waals surface area (Å²) in [7, 11) is 1.31. The fourth-order valence-electron chi connectivity index (χ4n) is 0.606. The van der Waals surface area contributed by atoms with Gasteiger partial charge in [0.2, 0.25) is 0 Å². The third kappa shape index (κ3) is 1.67. The summed E-state index contributed by atoms with van der Waals surface area (Å²) in [6.45, 7) is 0. The van der Waals surface area contributed by atoms with E-state index in [4.69, 9.17) is 0 Å². The molecule has 0 radical (unpaired) electrons. The molecule has 1 aromatic heterocycles. The molecule has 0 fully saturated rings. The molecule has 0 aliphatic carbocycles. The van der Waals surface area contributed by atoms with Crippen molar-refractivity contribution < 1.29 is 9.53 Å². The summed E-state index contributed by atoms with van der Waals surface area (Å²) < 4.78 is 5.11. The van der Waals surface area contributed by atoms with Crippen molar-refractivity contribution in [3.8, 4) is 0 Å². The van der Waals surface area contributed by atoms with Crippen LogP contribution in [-0.4, -0.2) is 28.5 Å². The van der Waals surface area contributed by atoms with E-state index in [1.807, 2.05) is 0 Å². The number of H-pyrrole nitrogens is 1. The van der Waals surface area contributed by atoms with Crippen molar-refractivity contribution in [2.45, 2.75) is 4.43 Å². The summed E-state index contributed by atoms with van der Waals surface area (Å²) in [5.74, 6) is -0.453. The Hall–Kier alpha value is -0.660. The van der Waals surface area contributed by atoms with Gasteiger partial charge in [-0.15, -0.1) is 5.10 Å². The first-order valence-electron chi connectivity index (χ1n) is 2.83. The molecular weight excluding hydrogens is 261 g/mol. The molecule has 0 saturated carbocycles. The van der Waals surface area contributed by atoms with E-state index in [-0.39, 0.29) is 5.69 Å². The van der Waals surface area contributed by atoms with Gasteiger partial charge in [0.15, 0.2) is 5.69 Å². The van der Waals surface area contributed by atoms with Crippen LogP contribution in [0.3, 0.4) is 0 Å². The van der Waals surface area contributed by atoms with Gasteiger partial charge >= 0.3 is 5.97 Å². The Morgan fingerprint density at radius 3 is 3.00 bits per heavy atom. The maximum absolute atomic E-state index is 10.9. The van der Waals surface area contributed by atoms with Crippen LogP contribution in [0.5, 0.6) is 0 Å². The number of nitrogens with one attached hydrogen (secondary N) is 1. The molecule has 60 valence electrons. The zero-order chi connectivity index (χ0) is 8.27. The van der Waals surface area contributed by atoms with Crippen molar-refractivity contribution >= 4 is 28.6 Å². The van der Waals surface area contributed by atoms with E-state index in [0.29, 0.717) is 10.1 Å². The number of hydrogen-bond donors (Lipinski definition) is 1. The average molecular weight is 267 g/mol. The molecule has 0 aromatic carbocycles. The number of methoxy groups -OCH3 is 1. The third-order valence-electron chi connectivity index (χ3n) is 1.13. The van der Waals surface area contributed by atoms with E-state index in [9.17, 15) is 4.79 Å². The first-order chi connectivity index (χ1) is 5.29. The molecule has 0 atom stereocenters. The highest BCUT2D eigenvalue weighted by Crippen LogP contribution is 2.06. The van der Waals surface area contributed by atoms with Crippen LogP contribution in [0.25, 0.3) is 0 Å². The number of carbonyl (C=O) groups is 1. The monoisotopic (exact) mass is 267 g/mol. The van der Waals surface area contributed by atoms with Crippen molar-refractivity contribution in [2.24, 2.45) is 0 Å². The average Bonchev–Trinajstić information content (AvgIpc) is 2.50. The summed E-state index contributed by atoms with van der Waals surface area (Å²) in [4.78, 5) is 10.9. The Morgan fingerprint density at radius 1 is 1.73 bits per heavy atom. The number of nitrogens with zero attached hydrogens (tertiary/aromatic N) is 2. The van der Waals surface area contributed by atoms with Gasteiger partial charge in [0.1, 0.15) is 5.69 Å². The molecule has 0 unspecified atom stereocenters. The van der Waals surface area contributed by atoms with Crippen LogP contribution >= 0.6 is 22.6 Å². The van der Waals surface area contributed by atoms with E-state index in [0.717, 1.165) is 0 Å². The number of hydrogen-bond acceptors (Lipinski definition) is 4. The minimum Gasteiger partial charge on any atom is -0.464 e. The van der Waals surface area contributed by atoms with Crippen molar-refractivity contribution in [2.75, 3.05) is 7.11 Å². The van der Waals surface area contributed by atoms with Crippen molar-refractivity contribution in [3.05, 3.63) is 11.4 Å². The first kappa shape index (κ1) is 8.44. The quantitative estimate of drug-likeness (QED) is 0.482. The molecule has 0 spiro atoms. The highest BCUT2D eigenvalue weighted by molar-refractivity contribution is 14.1. The Bertz CT molecular complexity index is 260. The summed E-state index contributed by atoms with van der Waals surface area (Å²) >= 11 is 2.09. The molecule has 0 saturated heterocycles. The lowest BCUT2D eigenvalue weighted by Crippen LogP contribution is -2.04. The number of aromatic amines is 1. The van der Waals surface area contributed by atoms with E-state index < -0.39 is 5.97 Å². The van der Waals surface area contributed by atoms with Gasteiger partial charge in [0.25, 0.3) is 0 Å². The number of rotatable bonds is 2. The van der Waals surface area contributed by atoms with Gasteiger partial charge < -0.3 is 4.74 Å². The standard InChI is InChI=1S/C5H6IN3O2/c1-11-5(10)4-3(2-6)7-9-8-4/h2H2,1H3,(H,7,8,9). The van der Waals surface area contributed by atoms with Crippen LogP contribution in [0.1, 0.15) is 16.2 Å². The van der Waals surface area contributed by atoms with Gasteiger partial charge in [-0.05, 0) is 0 Å². The fourth-order valence-corrected chi connectivity index (χ4v) is 1.14. The Kier molecular flexibility index (Phi) is 2.80. The predicted octanol–water partition coefficient (Wildman–Crippen LogP) is 0.526. The van der Waals surface area contributed by atoms with Crippen molar-refractivity contribution in [1.82, 2.24) is 15.4 Å². The largest absolute Gasteiger partial charge is 0.464 e. The summed E-state index contributed by atoms with van der Waals surface area (Å²) in [5.41, 5.74) is 0.888. The molecule has 1 heterocycles. The van der Waals surface area contributed by atoms with E-state index in [1.54, 1.807) is 0 Å². The predicted molar refractivity (Wildman–Crippen MR) is 45.4 cm³/mol. The van der Waals surface area contributed by atoms with Crippen LogP contribution in [0.2, 0.25) is 0 Å². The summed E-state index contributed by atoms with van der Waals surface area (Å²) in [6, 6.07) is 0. The smallest absolute Gasteiger partial charge is 0.360 e. The van der Waals surface area contributed by atoms with E-state index in [2.05, 4.69) is 42.7 Å². The zero-order valence-electron chi connectivity index (χ0n) is 5.80. The Balaban J connectivity index is 2.92. The molecule has 1 aromatic rings. The normalized spacial score (nSPS) is 9.64. The highest BCUT2D eigenvalue weighted by atomic mass is 127. The maximum Gasteiger partial charge on any atom is 0.360 e. The van der Waals surface area contributed by atoms with E-state index >= 15 is 0 Å². The summed E-state index contributed by atoms with van der Waals surface area (Å²) in [6.07, 6.45) is 0. The van der Waals surface area contributed by atoms with Gasteiger partial charge in [0, 0.05) is 4.43 Å². The topological polar surface area (TPSA) is 67.9 Å². The number of halogens is 1. The fraction of sp³-hybridized carbons (Fsp3) is 0.400. The number of carbonyl (C=O) groups excluding carboxylic acids is 1. The van der Waals surface area contributed by atoms with Gasteiger partial charge in [-0.2, -0.15) is 10.3 Å². The SMILES string of the molecule is COC(=O)c1n[nH]nc1CI. The molecule has 6 heteroatoms. The highest BCUT2D eigenvalue weighted by Gasteiger charge is 2.14. The zero-order valence-corrected chi connectivity index (χ0v) is 7.95. The molecule has 11 heavy (non-hydrogen) atoms. The lowest BCUT2D eigenvalue weighted by molar-refractivity contribution is 0.0593. The maximum atomic E-state index is 10.9. The van der Waals surface area contributed by atoms with E-state index in [1.165, 1.54) is 7.11 Å². The molecular formula is C5H6IN3O2. The molecule has 0 aliphatic rings. The van der Waals surface area contributed by atoms with Crippen LogP contribution in [0.4, 0.5) is 0 Å². The van der Waals surface area contributed by atoms with Crippen LogP contribution in [0.15, 0.2) is 0 Å².